The Labute approximate surface area is 302 Å². The second-order valence-electron chi connectivity index (χ2n) is 15.4. The Morgan fingerprint density at radius 2 is 1.45 bits per heavy atom. The number of ketones is 1. The highest BCUT2D eigenvalue weighted by Gasteiger charge is 2.40. The predicted octanol–water partition coefficient (Wildman–Crippen LogP) is 8.54. The van der Waals surface area contributed by atoms with Crippen LogP contribution in [-0.4, -0.2) is 61.9 Å². The molecule has 0 saturated heterocycles. The van der Waals surface area contributed by atoms with Crippen LogP contribution in [0.25, 0.3) is 28.3 Å². The second kappa shape index (κ2) is 16.8. The predicted molar refractivity (Wildman–Crippen MR) is 201 cm³/mol. The van der Waals surface area contributed by atoms with Crippen molar-refractivity contribution in [3.05, 3.63) is 77.9 Å². The summed E-state index contributed by atoms with van der Waals surface area (Å²) >= 11 is 0. The van der Waals surface area contributed by atoms with Crippen molar-refractivity contribution in [3.8, 4) is 22.3 Å². The molecule has 3 rings (SSSR count). The van der Waals surface area contributed by atoms with Gasteiger partial charge in [-0.25, -0.2) is 4.39 Å². The molecule has 0 fully saturated rings. The zero-order chi connectivity index (χ0) is 38.3. The van der Waals surface area contributed by atoms with E-state index in [9.17, 15) is 23.6 Å². The van der Waals surface area contributed by atoms with E-state index in [0.717, 1.165) is 0 Å². The van der Waals surface area contributed by atoms with Crippen LogP contribution >= 0.6 is 0 Å². The van der Waals surface area contributed by atoms with Crippen molar-refractivity contribution < 1.29 is 37.5 Å². The number of amides is 1. The van der Waals surface area contributed by atoms with Gasteiger partial charge >= 0.3 is 11.9 Å². The quantitative estimate of drug-likeness (QED) is 0.101. The molecule has 0 radical (unpaired) electrons. The highest BCUT2D eigenvalue weighted by Crippen LogP contribution is 2.43. The van der Waals surface area contributed by atoms with Crippen LogP contribution in [0.4, 0.5) is 4.39 Å². The van der Waals surface area contributed by atoms with E-state index in [1.165, 1.54) is 25.3 Å². The number of rotatable bonds is 14. The minimum absolute atomic E-state index is 0.0683. The Hall–Kier alpha value is -4.35. The number of hydrogen-bond acceptors (Lipinski definition) is 7. The molecule has 0 unspecified atom stereocenters. The third-order valence-electron chi connectivity index (χ3n) is 8.73. The lowest BCUT2D eigenvalue weighted by Gasteiger charge is -2.39. The number of benzene rings is 2. The Morgan fingerprint density at radius 1 is 0.863 bits per heavy atom. The van der Waals surface area contributed by atoms with Crippen molar-refractivity contribution in [1.29, 1.82) is 0 Å². The third-order valence-corrected chi connectivity index (χ3v) is 13.3. The fraction of sp³-hybridized carbons (Fsp3) is 0.450. The monoisotopic (exact) mass is 720 g/mol. The summed E-state index contributed by atoms with van der Waals surface area (Å²) in [4.78, 5) is 52.8. The van der Waals surface area contributed by atoms with Gasteiger partial charge < -0.3 is 23.8 Å². The number of carbonyl (C=O) groups excluding carboxylic acids is 4. The number of nitrogens with zero attached hydrogens (tertiary/aromatic N) is 1. The summed E-state index contributed by atoms with van der Waals surface area (Å²) in [5, 5.41) is 2.58. The average Bonchev–Trinajstić information content (AvgIpc) is 3.37. The van der Waals surface area contributed by atoms with E-state index in [-0.39, 0.29) is 41.9 Å². The molecule has 1 amide bonds. The first kappa shape index (κ1) is 41.1. The van der Waals surface area contributed by atoms with Crippen LogP contribution in [0.5, 0.6) is 0 Å². The maximum Gasteiger partial charge on any atom is 0.325 e. The number of allylic oxidation sites excluding steroid dienone is 1. The van der Waals surface area contributed by atoms with Crippen LogP contribution in [0.3, 0.4) is 0 Å². The minimum Gasteiger partial charge on any atom is -0.469 e. The third kappa shape index (κ3) is 11.1. The lowest BCUT2D eigenvalue weighted by Crippen LogP contribution is -2.44. The number of aromatic nitrogens is 1. The second-order valence-corrected chi connectivity index (χ2v) is 20.1. The fourth-order valence-corrected chi connectivity index (χ4v) is 6.78. The fourth-order valence-electron chi connectivity index (χ4n) is 5.42. The summed E-state index contributed by atoms with van der Waals surface area (Å²) in [6, 6.07) is 14.9. The van der Waals surface area contributed by atoms with Crippen molar-refractivity contribution >= 4 is 38.0 Å². The van der Waals surface area contributed by atoms with Gasteiger partial charge in [0.25, 0.3) is 5.91 Å². The standard InChI is InChI=1S/C40H53FN2O7Si/c1-26(2)43-32(22-21-30(44)23-31(24-33(45)48-9)50-51(10,11)40(6,7)8)35(28-17-19-29(41)20-18-28)36(27-15-13-12-14-16-27)37(43)38(47)42-25-34(46)49-39(3,4)5/h12-22,26,31H,23-25H2,1-11H3,(H,42,47)/b22-21+/t31-/m1/s1. The van der Waals surface area contributed by atoms with Crippen LogP contribution in [0.15, 0.2) is 60.7 Å². The number of methoxy groups -OCH3 is 1. The van der Waals surface area contributed by atoms with Gasteiger partial charge in [0.05, 0.1) is 25.3 Å². The number of hydrogen-bond donors (Lipinski definition) is 1. The molecule has 51 heavy (non-hydrogen) atoms. The summed E-state index contributed by atoms with van der Waals surface area (Å²) in [6.45, 7) is 19.1. The van der Waals surface area contributed by atoms with Crippen LogP contribution < -0.4 is 5.32 Å². The van der Waals surface area contributed by atoms with E-state index in [1.807, 2.05) is 48.7 Å². The zero-order valence-electron chi connectivity index (χ0n) is 31.8. The Bertz CT molecular complexity index is 1730. The van der Waals surface area contributed by atoms with E-state index in [0.29, 0.717) is 27.9 Å². The molecule has 1 atom stereocenters. The molecule has 2 aromatic carbocycles. The molecule has 0 aliphatic rings. The normalized spacial score (nSPS) is 13.0. The first-order chi connectivity index (χ1) is 23.6. The highest BCUT2D eigenvalue weighted by molar-refractivity contribution is 6.74. The highest BCUT2D eigenvalue weighted by atomic mass is 28.4. The summed E-state index contributed by atoms with van der Waals surface area (Å²) in [5.74, 6) is -2.31. The van der Waals surface area contributed by atoms with E-state index < -0.39 is 43.7 Å². The molecule has 0 saturated carbocycles. The van der Waals surface area contributed by atoms with E-state index in [1.54, 1.807) is 39.0 Å². The van der Waals surface area contributed by atoms with Crippen LogP contribution in [0.2, 0.25) is 18.1 Å². The molecule has 0 bridgehead atoms. The lowest BCUT2D eigenvalue weighted by molar-refractivity contribution is -0.153. The van der Waals surface area contributed by atoms with Gasteiger partial charge in [-0.3, -0.25) is 19.2 Å². The minimum atomic E-state index is -2.36. The maximum absolute atomic E-state index is 14.2. The van der Waals surface area contributed by atoms with Gasteiger partial charge in [0.1, 0.15) is 23.7 Å². The van der Waals surface area contributed by atoms with Crippen molar-refractivity contribution in [2.24, 2.45) is 0 Å². The van der Waals surface area contributed by atoms with E-state index >= 15 is 0 Å². The zero-order valence-corrected chi connectivity index (χ0v) is 32.8. The maximum atomic E-state index is 14.2. The molecule has 1 N–H and O–H groups in total. The summed E-state index contributed by atoms with van der Waals surface area (Å²) < 4.78 is 32.9. The van der Waals surface area contributed by atoms with Gasteiger partial charge in [-0.05, 0) is 88.2 Å². The van der Waals surface area contributed by atoms with Gasteiger partial charge in [-0.1, -0.05) is 63.2 Å². The largest absolute Gasteiger partial charge is 0.469 e. The van der Waals surface area contributed by atoms with Crippen LogP contribution in [-0.2, 0) is 28.3 Å². The Kier molecular flexibility index (Phi) is 13.5. The van der Waals surface area contributed by atoms with Gasteiger partial charge in [0.2, 0.25) is 0 Å². The molecule has 11 heteroatoms. The number of nitrogens with one attached hydrogen (secondary N) is 1. The SMILES string of the molecule is COC(=O)C[C@@H](CC(=O)/C=C/c1c(-c2ccc(F)cc2)c(-c2ccccc2)c(C(=O)NCC(=O)OC(C)(C)C)n1C(C)C)O[Si](C)(C)C(C)(C)C. The van der Waals surface area contributed by atoms with E-state index in [4.69, 9.17) is 13.9 Å². The molecule has 1 aromatic heterocycles. The first-order valence-electron chi connectivity index (χ1n) is 17.2. The van der Waals surface area contributed by atoms with Crippen molar-refractivity contribution in [2.75, 3.05) is 13.7 Å². The number of carbonyl (C=O) groups is 4. The molecular weight excluding hydrogens is 668 g/mol. The molecule has 0 aliphatic heterocycles. The Morgan fingerprint density at radius 3 is 1.98 bits per heavy atom. The lowest BCUT2D eigenvalue weighted by atomic mass is 9.94. The molecular formula is C40H53FN2O7Si. The average molecular weight is 721 g/mol. The van der Waals surface area contributed by atoms with Crippen LogP contribution in [0.1, 0.15) is 90.5 Å². The number of halogens is 1. The van der Waals surface area contributed by atoms with Crippen molar-refractivity contribution in [3.63, 3.8) is 0 Å². The Balaban J connectivity index is 2.22. The summed E-state index contributed by atoms with van der Waals surface area (Å²) in [5.41, 5.74) is 2.53. The molecule has 1 heterocycles. The summed E-state index contributed by atoms with van der Waals surface area (Å²) in [6.07, 6.45) is 2.24. The smallest absolute Gasteiger partial charge is 0.325 e. The summed E-state index contributed by atoms with van der Waals surface area (Å²) in [7, 11) is -1.06. The molecule has 0 aliphatic carbocycles. The molecule has 9 nitrogen and oxygen atoms in total. The first-order valence-corrected chi connectivity index (χ1v) is 20.1. The van der Waals surface area contributed by atoms with Crippen molar-refractivity contribution in [1.82, 2.24) is 9.88 Å². The number of esters is 2. The molecule has 3 aromatic rings. The molecule has 0 spiro atoms. The van der Waals surface area contributed by atoms with Gasteiger partial charge in [0.15, 0.2) is 14.1 Å². The van der Waals surface area contributed by atoms with Crippen LogP contribution in [0, 0.1) is 5.82 Å². The number of ether oxygens (including phenoxy) is 2. The van der Waals surface area contributed by atoms with Gasteiger partial charge in [-0.15, -0.1) is 0 Å². The van der Waals surface area contributed by atoms with E-state index in [2.05, 4.69) is 39.2 Å². The van der Waals surface area contributed by atoms with Gasteiger partial charge in [0, 0.05) is 23.6 Å². The molecule has 276 valence electrons. The topological polar surface area (TPSA) is 113 Å². The van der Waals surface area contributed by atoms with Gasteiger partial charge in [-0.2, -0.15) is 0 Å². The van der Waals surface area contributed by atoms with Crippen molar-refractivity contribution in [2.45, 2.75) is 104 Å².